The summed E-state index contributed by atoms with van der Waals surface area (Å²) in [6, 6.07) is 0.142. The number of hydrogen-bond acceptors (Lipinski definition) is 5. The Morgan fingerprint density at radius 1 is 1.25 bits per heavy atom. The summed E-state index contributed by atoms with van der Waals surface area (Å²) in [6.07, 6.45) is 3.69. The lowest BCUT2D eigenvalue weighted by Gasteiger charge is -2.30. The van der Waals surface area contributed by atoms with Gasteiger partial charge in [-0.1, -0.05) is 0 Å². The van der Waals surface area contributed by atoms with Crippen molar-refractivity contribution in [2.75, 3.05) is 46.1 Å². The Morgan fingerprint density at radius 2 is 1.85 bits per heavy atom. The van der Waals surface area contributed by atoms with Crippen molar-refractivity contribution in [2.45, 2.75) is 19.9 Å². The van der Waals surface area contributed by atoms with E-state index in [0.717, 1.165) is 32.0 Å². The van der Waals surface area contributed by atoms with Crippen LogP contribution < -0.4 is 5.73 Å². The van der Waals surface area contributed by atoms with E-state index in [0.29, 0.717) is 19.8 Å². The van der Waals surface area contributed by atoms with Crippen LogP contribution in [-0.2, 0) is 16.5 Å². The normalized spacial score (nSPS) is 13.1. The number of aromatic nitrogens is 2. The molecule has 0 bridgehead atoms. The van der Waals surface area contributed by atoms with Gasteiger partial charge in [0.05, 0.1) is 31.3 Å². The van der Waals surface area contributed by atoms with Crippen molar-refractivity contribution in [3.05, 3.63) is 18.2 Å². The quantitative estimate of drug-likeness (QED) is 0.609. The van der Waals surface area contributed by atoms with Gasteiger partial charge in [0.2, 0.25) is 0 Å². The van der Waals surface area contributed by atoms with Gasteiger partial charge >= 0.3 is 0 Å². The first-order valence-electron chi connectivity index (χ1n) is 7.30. The molecule has 0 radical (unpaired) electrons. The number of aryl methyl sites for hydroxylation is 1. The number of hydrogen-bond donors (Lipinski definition) is 1. The topological polar surface area (TPSA) is 65.5 Å². The van der Waals surface area contributed by atoms with Crippen molar-refractivity contribution >= 4 is 0 Å². The number of rotatable bonds is 11. The van der Waals surface area contributed by atoms with Gasteiger partial charge in [0.1, 0.15) is 0 Å². The van der Waals surface area contributed by atoms with Crippen LogP contribution in [0.3, 0.4) is 0 Å². The summed E-state index contributed by atoms with van der Waals surface area (Å²) in [4.78, 5) is 6.49. The minimum atomic E-state index is 0.142. The second-order valence-corrected chi connectivity index (χ2v) is 4.61. The van der Waals surface area contributed by atoms with Gasteiger partial charge in [-0.05, 0) is 13.8 Å². The second kappa shape index (κ2) is 9.88. The van der Waals surface area contributed by atoms with Crippen LogP contribution in [0.5, 0.6) is 0 Å². The van der Waals surface area contributed by atoms with E-state index in [-0.39, 0.29) is 6.04 Å². The van der Waals surface area contributed by atoms with Crippen molar-refractivity contribution in [2.24, 2.45) is 12.8 Å². The number of imidazole rings is 1. The van der Waals surface area contributed by atoms with Crippen LogP contribution in [0.25, 0.3) is 0 Å². The van der Waals surface area contributed by atoms with Crippen molar-refractivity contribution in [1.82, 2.24) is 14.5 Å². The van der Waals surface area contributed by atoms with Crippen molar-refractivity contribution < 1.29 is 9.47 Å². The maximum absolute atomic E-state index is 5.98. The molecule has 20 heavy (non-hydrogen) atoms. The Morgan fingerprint density at radius 3 is 2.25 bits per heavy atom. The zero-order valence-electron chi connectivity index (χ0n) is 12.9. The van der Waals surface area contributed by atoms with E-state index in [1.807, 2.05) is 31.7 Å². The van der Waals surface area contributed by atoms with E-state index < -0.39 is 0 Å². The van der Waals surface area contributed by atoms with Crippen LogP contribution in [0.2, 0.25) is 0 Å². The summed E-state index contributed by atoms with van der Waals surface area (Å²) >= 11 is 0. The average Bonchev–Trinajstić information content (AvgIpc) is 2.86. The fourth-order valence-corrected chi connectivity index (χ4v) is 2.22. The first-order chi connectivity index (χ1) is 9.74. The molecule has 0 aliphatic rings. The highest BCUT2D eigenvalue weighted by Crippen LogP contribution is 2.18. The lowest BCUT2D eigenvalue weighted by Crippen LogP contribution is -2.39. The Bertz CT molecular complexity index is 347. The van der Waals surface area contributed by atoms with Crippen molar-refractivity contribution in [3.63, 3.8) is 0 Å². The summed E-state index contributed by atoms with van der Waals surface area (Å²) in [5, 5.41) is 0. The SMILES string of the molecule is CCOCCN(CCOCC)C(CN)c1cncn1C. The third-order valence-corrected chi connectivity index (χ3v) is 3.31. The van der Waals surface area contributed by atoms with Gasteiger partial charge in [0.25, 0.3) is 0 Å². The van der Waals surface area contributed by atoms with Gasteiger partial charge in [-0.2, -0.15) is 0 Å². The molecule has 116 valence electrons. The van der Waals surface area contributed by atoms with E-state index in [1.165, 1.54) is 0 Å². The Labute approximate surface area is 121 Å². The maximum atomic E-state index is 5.98. The highest BCUT2D eigenvalue weighted by Gasteiger charge is 2.21. The van der Waals surface area contributed by atoms with Crippen LogP contribution in [0.4, 0.5) is 0 Å². The van der Waals surface area contributed by atoms with Gasteiger partial charge in [-0.25, -0.2) is 4.98 Å². The number of nitrogens with zero attached hydrogens (tertiary/aromatic N) is 3. The monoisotopic (exact) mass is 284 g/mol. The van der Waals surface area contributed by atoms with Gasteiger partial charge < -0.3 is 19.8 Å². The van der Waals surface area contributed by atoms with Crippen LogP contribution in [0.1, 0.15) is 25.6 Å². The summed E-state index contributed by atoms with van der Waals surface area (Å²) in [7, 11) is 1.99. The highest BCUT2D eigenvalue weighted by atomic mass is 16.5. The molecule has 1 rings (SSSR count). The molecule has 1 atom stereocenters. The molecular formula is C14H28N4O2. The molecule has 0 fully saturated rings. The molecule has 0 amide bonds. The van der Waals surface area contributed by atoms with Gasteiger partial charge in [-0.15, -0.1) is 0 Å². The first kappa shape index (κ1) is 17.1. The minimum absolute atomic E-state index is 0.142. The third-order valence-electron chi connectivity index (χ3n) is 3.31. The number of ether oxygens (including phenoxy) is 2. The predicted molar refractivity (Wildman–Crippen MR) is 79.6 cm³/mol. The van der Waals surface area contributed by atoms with Crippen LogP contribution in [-0.4, -0.2) is 60.5 Å². The van der Waals surface area contributed by atoms with Crippen molar-refractivity contribution in [1.29, 1.82) is 0 Å². The predicted octanol–water partition coefficient (Wildman–Crippen LogP) is 0.795. The molecule has 1 heterocycles. The van der Waals surface area contributed by atoms with E-state index >= 15 is 0 Å². The van der Waals surface area contributed by atoms with Crippen LogP contribution >= 0.6 is 0 Å². The zero-order valence-corrected chi connectivity index (χ0v) is 12.9. The van der Waals surface area contributed by atoms with E-state index in [9.17, 15) is 0 Å². The first-order valence-corrected chi connectivity index (χ1v) is 7.30. The fraction of sp³-hybridized carbons (Fsp3) is 0.786. The largest absolute Gasteiger partial charge is 0.380 e. The molecule has 0 spiro atoms. The Balaban J connectivity index is 2.68. The lowest BCUT2D eigenvalue weighted by atomic mass is 10.2. The van der Waals surface area contributed by atoms with Gasteiger partial charge in [0, 0.05) is 46.1 Å². The molecular weight excluding hydrogens is 256 g/mol. The molecule has 0 aliphatic heterocycles. The van der Waals surface area contributed by atoms with Gasteiger partial charge in [-0.3, -0.25) is 4.90 Å². The molecule has 1 aromatic rings. The molecule has 1 unspecified atom stereocenters. The molecule has 0 saturated carbocycles. The maximum Gasteiger partial charge on any atom is 0.0946 e. The molecule has 1 aromatic heterocycles. The zero-order chi connectivity index (χ0) is 14.8. The van der Waals surface area contributed by atoms with E-state index in [1.54, 1.807) is 6.33 Å². The molecule has 0 aromatic carbocycles. The molecule has 0 aliphatic carbocycles. The van der Waals surface area contributed by atoms with E-state index in [2.05, 4.69) is 9.88 Å². The van der Waals surface area contributed by atoms with Crippen LogP contribution in [0.15, 0.2) is 12.5 Å². The molecule has 2 N–H and O–H groups in total. The van der Waals surface area contributed by atoms with E-state index in [4.69, 9.17) is 15.2 Å². The lowest BCUT2D eigenvalue weighted by molar-refractivity contribution is 0.0625. The smallest absolute Gasteiger partial charge is 0.0946 e. The molecule has 0 saturated heterocycles. The standard InChI is InChI=1S/C14H28N4O2/c1-4-19-8-6-18(7-9-20-5-2)13(10-15)14-11-16-12-17(14)3/h11-13H,4-10,15H2,1-3H3. The minimum Gasteiger partial charge on any atom is -0.380 e. The highest BCUT2D eigenvalue weighted by molar-refractivity contribution is 5.06. The average molecular weight is 284 g/mol. The Kier molecular flexibility index (Phi) is 8.45. The molecule has 6 heteroatoms. The number of nitrogens with two attached hydrogens (primary N) is 1. The van der Waals surface area contributed by atoms with Gasteiger partial charge in [0.15, 0.2) is 0 Å². The summed E-state index contributed by atoms with van der Waals surface area (Å²) < 4.78 is 13.0. The summed E-state index contributed by atoms with van der Waals surface area (Å²) in [6.45, 7) is 9.13. The van der Waals surface area contributed by atoms with Crippen molar-refractivity contribution in [3.8, 4) is 0 Å². The van der Waals surface area contributed by atoms with Crippen LogP contribution in [0, 0.1) is 0 Å². The molecule has 6 nitrogen and oxygen atoms in total. The second-order valence-electron chi connectivity index (χ2n) is 4.61. The summed E-state index contributed by atoms with van der Waals surface area (Å²) in [5.74, 6) is 0. The fourth-order valence-electron chi connectivity index (χ4n) is 2.22. The third kappa shape index (κ3) is 5.20. The Hall–Kier alpha value is -0.950. The summed E-state index contributed by atoms with van der Waals surface area (Å²) in [5.41, 5.74) is 7.10.